The molecule has 2 N–H and O–H groups in total. The number of carbonyl (C=O) groups is 2. The quantitative estimate of drug-likeness (QED) is 0.704. The molecule has 0 aromatic carbocycles. The van der Waals surface area contributed by atoms with Crippen LogP contribution in [0.4, 0.5) is 4.79 Å². The molecule has 0 fully saturated rings. The molecule has 100 valence electrons. The van der Waals surface area contributed by atoms with Crippen molar-refractivity contribution in [2.75, 3.05) is 26.5 Å². The summed E-state index contributed by atoms with van der Waals surface area (Å²) in [4.78, 5) is 24.4. The molecule has 0 radical (unpaired) electrons. The van der Waals surface area contributed by atoms with Gasteiger partial charge in [-0.3, -0.25) is 10.1 Å². The van der Waals surface area contributed by atoms with Crippen LogP contribution in [0.1, 0.15) is 20.3 Å². The predicted octanol–water partition coefficient (Wildman–Crippen LogP) is 1.03. The van der Waals surface area contributed by atoms with E-state index in [-0.39, 0.29) is 11.9 Å². The van der Waals surface area contributed by atoms with Crippen LogP contribution in [0.25, 0.3) is 0 Å². The van der Waals surface area contributed by atoms with Crippen LogP contribution in [0, 0.1) is 5.92 Å². The van der Waals surface area contributed by atoms with Gasteiger partial charge < -0.3 is 10.2 Å². The number of hydrogen-bond donors (Lipinski definition) is 2. The van der Waals surface area contributed by atoms with E-state index in [9.17, 15) is 9.59 Å². The molecular formula is C11H22ClN3O2. The molecule has 17 heavy (non-hydrogen) atoms. The van der Waals surface area contributed by atoms with E-state index in [0.29, 0.717) is 5.92 Å². The number of carbonyl (C=O) groups excluding carboxylic acids is 2. The van der Waals surface area contributed by atoms with Crippen LogP contribution in [-0.4, -0.2) is 49.4 Å². The summed E-state index contributed by atoms with van der Waals surface area (Å²) in [5.74, 6) is -0.225. The second-order valence-corrected chi connectivity index (χ2v) is 5.01. The van der Waals surface area contributed by atoms with Gasteiger partial charge in [0.15, 0.2) is 0 Å². The number of amides is 3. The first-order valence-electron chi connectivity index (χ1n) is 5.66. The Hall–Kier alpha value is -0.810. The lowest BCUT2D eigenvalue weighted by Crippen LogP contribution is -2.48. The van der Waals surface area contributed by atoms with Crippen LogP contribution < -0.4 is 10.6 Å². The summed E-state index contributed by atoms with van der Waals surface area (Å²) in [5, 5.41) is 4.94. The minimum atomic E-state index is -0.489. The van der Waals surface area contributed by atoms with Crippen molar-refractivity contribution < 1.29 is 9.59 Å². The number of likely N-dealkylation sites (N-methyl/N-ethyl adjacent to an activating group) is 1. The lowest BCUT2D eigenvalue weighted by atomic mass is 10.0. The maximum absolute atomic E-state index is 11.5. The lowest BCUT2D eigenvalue weighted by Gasteiger charge is -2.23. The number of nitrogens with zero attached hydrogens (tertiary/aromatic N) is 1. The third-order valence-corrected chi connectivity index (χ3v) is 2.29. The van der Waals surface area contributed by atoms with Gasteiger partial charge in [0.1, 0.15) is 5.88 Å². The van der Waals surface area contributed by atoms with Crippen LogP contribution in [-0.2, 0) is 4.79 Å². The molecule has 0 saturated carbocycles. The molecule has 5 nitrogen and oxygen atoms in total. The Morgan fingerprint density at radius 3 is 2.29 bits per heavy atom. The Labute approximate surface area is 108 Å². The van der Waals surface area contributed by atoms with Gasteiger partial charge >= 0.3 is 6.03 Å². The van der Waals surface area contributed by atoms with E-state index < -0.39 is 11.9 Å². The van der Waals surface area contributed by atoms with Crippen molar-refractivity contribution in [2.24, 2.45) is 5.92 Å². The molecule has 0 saturated heterocycles. The molecule has 1 unspecified atom stereocenters. The highest BCUT2D eigenvalue weighted by molar-refractivity contribution is 6.28. The first-order valence-corrected chi connectivity index (χ1v) is 6.19. The van der Waals surface area contributed by atoms with Gasteiger partial charge in [0.2, 0.25) is 5.91 Å². The zero-order valence-electron chi connectivity index (χ0n) is 10.9. The molecule has 0 rings (SSSR count). The van der Waals surface area contributed by atoms with Crippen LogP contribution in [0.3, 0.4) is 0 Å². The molecule has 0 aromatic rings. The molecule has 0 aromatic heterocycles. The second kappa shape index (κ2) is 8.31. The molecule has 0 aliphatic carbocycles. The molecule has 1 atom stereocenters. The molecule has 3 amide bonds. The molecule has 0 spiro atoms. The van der Waals surface area contributed by atoms with Crippen molar-refractivity contribution >= 4 is 23.5 Å². The fraction of sp³-hybridized carbons (Fsp3) is 0.818. The highest BCUT2D eigenvalue weighted by atomic mass is 35.5. The van der Waals surface area contributed by atoms with Gasteiger partial charge in [0.25, 0.3) is 0 Å². The third kappa shape index (κ3) is 8.94. The molecule has 0 aliphatic rings. The van der Waals surface area contributed by atoms with E-state index in [4.69, 9.17) is 11.6 Å². The van der Waals surface area contributed by atoms with Crippen LogP contribution >= 0.6 is 11.6 Å². The van der Waals surface area contributed by atoms with Crippen molar-refractivity contribution in [1.82, 2.24) is 15.5 Å². The van der Waals surface area contributed by atoms with Gasteiger partial charge in [-0.2, -0.15) is 0 Å². The van der Waals surface area contributed by atoms with E-state index in [2.05, 4.69) is 24.5 Å². The summed E-state index contributed by atoms with van der Waals surface area (Å²) >= 11 is 5.30. The minimum Gasteiger partial charge on any atom is -0.334 e. The smallest absolute Gasteiger partial charge is 0.321 e. The Morgan fingerprint density at radius 2 is 1.88 bits per heavy atom. The monoisotopic (exact) mass is 263 g/mol. The largest absolute Gasteiger partial charge is 0.334 e. The van der Waals surface area contributed by atoms with Crippen LogP contribution in [0.2, 0.25) is 0 Å². The molecule has 0 aliphatic heterocycles. The average Bonchev–Trinajstić information content (AvgIpc) is 2.14. The standard InChI is InChI=1S/C11H22ClN3O2/c1-8(2)5-9(7-15(3)4)13-11(17)14-10(16)6-12/h8-9H,5-7H2,1-4H3,(H2,13,14,16,17). The van der Waals surface area contributed by atoms with Crippen molar-refractivity contribution in [3.8, 4) is 0 Å². The number of nitrogens with one attached hydrogen (secondary N) is 2. The molecular weight excluding hydrogens is 242 g/mol. The number of rotatable bonds is 6. The van der Waals surface area contributed by atoms with Gasteiger partial charge in [-0.05, 0) is 26.4 Å². The summed E-state index contributed by atoms with van der Waals surface area (Å²) in [6.45, 7) is 4.92. The van der Waals surface area contributed by atoms with Gasteiger partial charge in [0, 0.05) is 12.6 Å². The molecule has 6 heteroatoms. The van der Waals surface area contributed by atoms with Gasteiger partial charge in [-0.1, -0.05) is 13.8 Å². The lowest BCUT2D eigenvalue weighted by molar-refractivity contribution is -0.117. The SMILES string of the molecule is CC(C)CC(CN(C)C)NC(=O)NC(=O)CCl. The number of halogens is 1. The highest BCUT2D eigenvalue weighted by Gasteiger charge is 2.15. The summed E-state index contributed by atoms with van der Waals surface area (Å²) in [6, 6.07) is -0.462. The molecule has 0 heterocycles. The minimum absolute atomic E-state index is 0.0214. The first-order chi connectivity index (χ1) is 7.85. The Morgan fingerprint density at radius 1 is 1.29 bits per heavy atom. The Kier molecular flexibility index (Phi) is 7.91. The van der Waals surface area contributed by atoms with E-state index in [1.807, 2.05) is 19.0 Å². The van der Waals surface area contributed by atoms with Gasteiger partial charge in [0.05, 0.1) is 0 Å². The molecule has 0 bridgehead atoms. The number of imide groups is 1. The summed E-state index contributed by atoms with van der Waals surface area (Å²) in [5.41, 5.74) is 0. The van der Waals surface area contributed by atoms with E-state index in [1.165, 1.54) is 0 Å². The van der Waals surface area contributed by atoms with E-state index in [1.54, 1.807) is 0 Å². The number of hydrogen-bond acceptors (Lipinski definition) is 3. The fourth-order valence-electron chi connectivity index (χ4n) is 1.57. The van der Waals surface area contributed by atoms with Crippen molar-refractivity contribution in [1.29, 1.82) is 0 Å². The Balaban J connectivity index is 4.21. The zero-order chi connectivity index (χ0) is 13.4. The topological polar surface area (TPSA) is 61.4 Å². The summed E-state index contributed by atoms with van der Waals surface area (Å²) < 4.78 is 0. The number of urea groups is 1. The predicted molar refractivity (Wildman–Crippen MR) is 69.2 cm³/mol. The Bertz CT molecular complexity index is 247. The highest BCUT2D eigenvalue weighted by Crippen LogP contribution is 2.05. The van der Waals surface area contributed by atoms with Crippen LogP contribution in [0.5, 0.6) is 0 Å². The second-order valence-electron chi connectivity index (χ2n) is 4.74. The fourth-order valence-corrected chi connectivity index (χ4v) is 1.64. The average molecular weight is 264 g/mol. The normalized spacial score (nSPS) is 12.6. The van der Waals surface area contributed by atoms with Crippen molar-refractivity contribution in [3.63, 3.8) is 0 Å². The van der Waals surface area contributed by atoms with Crippen molar-refractivity contribution in [3.05, 3.63) is 0 Å². The van der Waals surface area contributed by atoms with E-state index >= 15 is 0 Å². The zero-order valence-corrected chi connectivity index (χ0v) is 11.7. The van der Waals surface area contributed by atoms with Crippen molar-refractivity contribution in [2.45, 2.75) is 26.3 Å². The first kappa shape index (κ1) is 16.2. The van der Waals surface area contributed by atoms with E-state index in [0.717, 1.165) is 13.0 Å². The summed E-state index contributed by atoms with van der Waals surface area (Å²) in [6.07, 6.45) is 0.862. The maximum Gasteiger partial charge on any atom is 0.321 e. The summed E-state index contributed by atoms with van der Waals surface area (Å²) in [7, 11) is 3.88. The third-order valence-electron chi connectivity index (χ3n) is 2.05. The van der Waals surface area contributed by atoms with Gasteiger partial charge in [-0.15, -0.1) is 11.6 Å². The van der Waals surface area contributed by atoms with Crippen LogP contribution in [0.15, 0.2) is 0 Å². The maximum atomic E-state index is 11.5. The number of alkyl halides is 1. The van der Waals surface area contributed by atoms with Gasteiger partial charge in [-0.25, -0.2) is 4.79 Å².